The Morgan fingerprint density at radius 2 is 2.05 bits per heavy atom. The molecule has 0 aliphatic carbocycles. The lowest BCUT2D eigenvalue weighted by Gasteiger charge is -2.32. The number of benzene rings is 1. The molecule has 20 heavy (non-hydrogen) atoms. The zero-order valence-electron chi connectivity index (χ0n) is 12.2. The SMILES string of the molecule is CC(C)(C)C1=CCN(C(=O)c2cc(N)ccc2F)CC1. The molecular weight excluding hydrogens is 255 g/mol. The fraction of sp³-hybridized carbons (Fsp3) is 0.438. The van der Waals surface area contributed by atoms with Gasteiger partial charge in [0.05, 0.1) is 5.56 Å². The van der Waals surface area contributed by atoms with Gasteiger partial charge in [0, 0.05) is 18.8 Å². The molecule has 1 aromatic carbocycles. The van der Waals surface area contributed by atoms with E-state index in [1.807, 2.05) is 0 Å². The van der Waals surface area contributed by atoms with E-state index in [1.165, 1.54) is 23.8 Å². The smallest absolute Gasteiger partial charge is 0.257 e. The molecule has 0 spiro atoms. The molecule has 1 amide bonds. The van der Waals surface area contributed by atoms with E-state index in [0.29, 0.717) is 18.8 Å². The maximum absolute atomic E-state index is 13.7. The van der Waals surface area contributed by atoms with Crippen LogP contribution < -0.4 is 5.73 Å². The van der Waals surface area contributed by atoms with Crippen LogP contribution in [0.4, 0.5) is 10.1 Å². The fourth-order valence-corrected chi connectivity index (χ4v) is 2.41. The molecule has 1 aliphatic heterocycles. The first kappa shape index (κ1) is 14.6. The highest BCUT2D eigenvalue weighted by molar-refractivity contribution is 5.95. The van der Waals surface area contributed by atoms with Gasteiger partial charge in [-0.3, -0.25) is 4.79 Å². The quantitative estimate of drug-likeness (QED) is 0.632. The topological polar surface area (TPSA) is 46.3 Å². The summed E-state index contributed by atoms with van der Waals surface area (Å²) in [6.45, 7) is 7.63. The van der Waals surface area contributed by atoms with E-state index in [9.17, 15) is 9.18 Å². The van der Waals surface area contributed by atoms with Crippen molar-refractivity contribution in [3.8, 4) is 0 Å². The molecule has 0 saturated carbocycles. The average molecular weight is 276 g/mol. The summed E-state index contributed by atoms with van der Waals surface area (Å²) in [6.07, 6.45) is 2.91. The number of hydrogen-bond donors (Lipinski definition) is 1. The summed E-state index contributed by atoms with van der Waals surface area (Å²) in [5.41, 5.74) is 7.54. The third-order valence-corrected chi connectivity index (χ3v) is 3.68. The molecule has 1 aromatic rings. The number of rotatable bonds is 1. The second-order valence-electron chi connectivity index (χ2n) is 6.22. The molecule has 1 heterocycles. The second-order valence-corrected chi connectivity index (χ2v) is 6.22. The number of nitrogen functional groups attached to an aromatic ring is 1. The van der Waals surface area contributed by atoms with Gasteiger partial charge < -0.3 is 10.6 Å². The molecule has 0 fully saturated rings. The van der Waals surface area contributed by atoms with E-state index in [1.54, 1.807) is 4.90 Å². The lowest BCUT2D eigenvalue weighted by atomic mass is 9.83. The van der Waals surface area contributed by atoms with Gasteiger partial charge >= 0.3 is 0 Å². The summed E-state index contributed by atoms with van der Waals surface area (Å²) in [5.74, 6) is -0.811. The van der Waals surface area contributed by atoms with Gasteiger partial charge in [0.1, 0.15) is 5.82 Å². The Morgan fingerprint density at radius 3 is 2.60 bits per heavy atom. The third-order valence-electron chi connectivity index (χ3n) is 3.68. The van der Waals surface area contributed by atoms with Crippen LogP contribution in [0.5, 0.6) is 0 Å². The van der Waals surface area contributed by atoms with Crippen LogP contribution >= 0.6 is 0 Å². The minimum atomic E-state index is -0.519. The van der Waals surface area contributed by atoms with Crippen molar-refractivity contribution in [2.75, 3.05) is 18.8 Å². The van der Waals surface area contributed by atoms with Gasteiger partial charge in [0.15, 0.2) is 0 Å². The maximum atomic E-state index is 13.7. The van der Waals surface area contributed by atoms with Crippen molar-refractivity contribution in [3.63, 3.8) is 0 Å². The molecular formula is C16H21FN2O. The Morgan fingerprint density at radius 1 is 1.35 bits per heavy atom. The Hall–Kier alpha value is -1.84. The lowest BCUT2D eigenvalue weighted by molar-refractivity contribution is 0.0760. The van der Waals surface area contributed by atoms with Crippen molar-refractivity contribution >= 4 is 11.6 Å². The number of carbonyl (C=O) groups is 1. The van der Waals surface area contributed by atoms with E-state index in [-0.39, 0.29) is 16.9 Å². The first-order valence-electron chi connectivity index (χ1n) is 6.83. The van der Waals surface area contributed by atoms with Crippen LogP contribution in [0.3, 0.4) is 0 Å². The predicted octanol–water partition coefficient (Wildman–Crippen LogP) is 3.23. The molecule has 108 valence electrons. The van der Waals surface area contributed by atoms with Gasteiger partial charge in [0.25, 0.3) is 5.91 Å². The molecule has 0 unspecified atom stereocenters. The summed E-state index contributed by atoms with van der Waals surface area (Å²) in [6, 6.07) is 4.10. The van der Waals surface area contributed by atoms with Gasteiger partial charge in [0.2, 0.25) is 0 Å². The fourth-order valence-electron chi connectivity index (χ4n) is 2.41. The zero-order chi connectivity index (χ0) is 14.9. The summed E-state index contributed by atoms with van der Waals surface area (Å²) < 4.78 is 13.7. The van der Waals surface area contributed by atoms with Crippen LogP contribution in [-0.4, -0.2) is 23.9 Å². The van der Waals surface area contributed by atoms with Crippen molar-refractivity contribution in [2.24, 2.45) is 5.41 Å². The molecule has 0 aromatic heterocycles. The van der Waals surface area contributed by atoms with Gasteiger partial charge in [-0.1, -0.05) is 32.4 Å². The monoisotopic (exact) mass is 276 g/mol. The Kier molecular flexibility index (Phi) is 3.84. The summed E-state index contributed by atoms with van der Waals surface area (Å²) in [5, 5.41) is 0. The van der Waals surface area contributed by atoms with Gasteiger partial charge in [-0.25, -0.2) is 4.39 Å². The van der Waals surface area contributed by atoms with Crippen LogP contribution in [-0.2, 0) is 0 Å². The Balaban J connectivity index is 2.17. The second kappa shape index (κ2) is 5.27. The van der Waals surface area contributed by atoms with Crippen molar-refractivity contribution in [1.29, 1.82) is 0 Å². The molecule has 4 heteroatoms. The predicted molar refractivity (Wildman–Crippen MR) is 78.9 cm³/mol. The van der Waals surface area contributed by atoms with Crippen molar-refractivity contribution in [1.82, 2.24) is 4.90 Å². The number of amides is 1. The molecule has 0 saturated heterocycles. The molecule has 0 atom stereocenters. The maximum Gasteiger partial charge on any atom is 0.257 e. The zero-order valence-corrected chi connectivity index (χ0v) is 12.2. The largest absolute Gasteiger partial charge is 0.399 e. The number of anilines is 1. The number of nitrogens with zero attached hydrogens (tertiary/aromatic N) is 1. The highest BCUT2D eigenvalue weighted by Crippen LogP contribution is 2.30. The van der Waals surface area contributed by atoms with E-state index in [4.69, 9.17) is 5.73 Å². The Labute approximate surface area is 119 Å². The molecule has 2 rings (SSSR count). The highest BCUT2D eigenvalue weighted by Gasteiger charge is 2.25. The van der Waals surface area contributed by atoms with Gasteiger partial charge in [-0.2, -0.15) is 0 Å². The van der Waals surface area contributed by atoms with Crippen LogP contribution in [0.1, 0.15) is 37.6 Å². The summed E-state index contributed by atoms with van der Waals surface area (Å²) in [7, 11) is 0. The van der Waals surface area contributed by atoms with E-state index in [0.717, 1.165) is 6.42 Å². The first-order valence-corrected chi connectivity index (χ1v) is 6.83. The minimum absolute atomic E-state index is 0.0533. The number of carbonyl (C=O) groups excluding carboxylic acids is 1. The molecule has 0 bridgehead atoms. The molecule has 3 nitrogen and oxygen atoms in total. The molecule has 0 radical (unpaired) electrons. The van der Waals surface area contributed by atoms with Gasteiger partial charge in [-0.15, -0.1) is 0 Å². The average Bonchev–Trinajstić information content (AvgIpc) is 2.40. The van der Waals surface area contributed by atoms with Crippen molar-refractivity contribution < 1.29 is 9.18 Å². The third kappa shape index (κ3) is 3.00. The number of nitrogens with two attached hydrogens (primary N) is 1. The van der Waals surface area contributed by atoms with Crippen molar-refractivity contribution in [3.05, 3.63) is 41.2 Å². The van der Waals surface area contributed by atoms with E-state index in [2.05, 4.69) is 26.8 Å². The van der Waals surface area contributed by atoms with E-state index >= 15 is 0 Å². The van der Waals surface area contributed by atoms with Crippen LogP contribution in [0.2, 0.25) is 0 Å². The van der Waals surface area contributed by atoms with E-state index < -0.39 is 5.82 Å². The van der Waals surface area contributed by atoms with Crippen LogP contribution in [0, 0.1) is 11.2 Å². The molecule has 2 N–H and O–H groups in total. The number of hydrogen-bond acceptors (Lipinski definition) is 2. The Bertz CT molecular complexity index is 558. The van der Waals surface area contributed by atoms with Gasteiger partial charge in [-0.05, 0) is 30.0 Å². The van der Waals surface area contributed by atoms with Crippen LogP contribution in [0.25, 0.3) is 0 Å². The van der Waals surface area contributed by atoms with Crippen molar-refractivity contribution in [2.45, 2.75) is 27.2 Å². The summed E-state index contributed by atoms with van der Waals surface area (Å²) in [4.78, 5) is 14.0. The highest BCUT2D eigenvalue weighted by atomic mass is 19.1. The minimum Gasteiger partial charge on any atom is -0.399 e. The number of halogens is 1. The van der Waals surface area contributed by atoms with Crippen LogP contribution in [0.15, 0.2) is 29.8 Å². The summed E-state index contributed by atoms with van der Waals surface area (Å²) >= 11 is 0. The first-order chi connectivity index (χ1) is 9.29. The molecule has 1 aliphatic rings. The standard InChI is InChI=1S/C16H21FN2O/c1-16(2,3)11-6-8-19(9-7-11)15(20)13-10-12(18)4-5-14(13)17/h4-6,10H,7-9,18H2,1-3H3. The lowest BCUT2D eigenvalue weighted by Crippen LogP contribution is -2.36. The normalized spacial score (nSPS) is 16.0.